The molecular weight excluding hydrogens is 390 g/mol. The number of carbonyl (C=O) groups is 1. The number of oxime groups is 2. The third-order valence-corrected chi connectivity index (χ3v) is 10.2. The number of nitrogens with two attached hydrogens (primary N) is 1. The molecule has 0 aromatic heterocycles. The Kier molecular flexibility index (Phi) is 5.43. The van der Waals surface area contributed by atoms with E-state index in [1.807, 2.05) is 0 Å². The fourth-order valence-electron chi connectivity index (χ4n) is 8.18. The average Bonchev–Trinajstić information content (AvgIpc) is 3.07. The van der Waals surface area contributed by atoms with E-state index in [0.29, 0.717) is 29.6 Å². The van der Waals surface area contributed by atoms with E-state index in [1.165, 1.54) is 0 Å². The summed E-state index contributed by atoms with van der Waals surface area (Å²) in [5, 5.41) is 18.4. The van der Waals surface area contributed by atoms with Crippen molar-refractivity contribution in [3.05, 3.63) is 0 Å². The Balaban J connectivity index is 1.33. The van der Waals surface area contributed by atoms with E-state index in [1.54, 1.807) is 0 Å². The SMILES string of the molecule is C[C@]12CC/C(=N\OC3CCC(N)CC3)CC1/C(=N/O)C[C@@H]1[C@@H]2CC[C@]2(C)C(=O)CC[C@@H]12. The molecule has 0 aromatic rings. The van der Waals surface area contributed by atoms with E-state index >= 15 is 0 Å². The van der Waals surface area contributed by atoms with E-state index in [2.05, 4.69) is 24.2 Å². The Labute approximate surface area is 186 Å². The van der Waals surface area contributed by atoms with Crippen LogP contribution >= 0.6 is 0 Å². The first kappa shape index (κ1) is 21.4. The highest BCUT2D eigenvalue weighted by Gasteiger charge is 2.61. The lowest BCUT2D eigenvalue weighted by Gasteiger charge is -2.59. The predicted molar refractivity (Wildman–Crippen MR) is 120 cm³/mol. The minimum absolute atomic E-state index is 0.119. The van der Waals surface area contributed by atoms with Gasteiger partial charge in [-0.1, -0.05) is 24.2 Å². The second-order valence-corrected chi connectivity index (χ2v) is 11.7. The molecule has 5 fully saturated rings. The van der Waals surface area contributed by atoms with Crippen LogP contribution < -0.4 is 5.73 Å². The lowest BCUT2D eigenvalue weighted by atomic mass is 9.45. The second-order valence-electron chi connectivity index (χ2n) is 11.7. The number of ketones is 1. The molecule has 5 aliphatic carbocycles. The van der Waals surface area contributed by atoms with Gasteiger partial charge in [0, 0.05) is 23.8 Å². The van der Waals surface area contributed by atoms with Crippen molar-refractivity contribution < 1.29 is 14.8 Å². The molecule has 5 aliphatic rings. The van der Waals surface area contributed by atoms with Gasteiger partial charge in [-0.15, -0.1) is 0 Å². The molecule has 172 valence electrons. The maximum absolute atomic E-state index is 12.7. The van der Waals surface area contributed by atoms with Crippen LogP contribution in [0.5, 0.6) is 0 Å². The monoisotopic (exact) mass is 429 g/mol. The molecule has 3 N–H and O–H groups in total. The zero-order valence-electron chi connectivity index (χ0n) is 19.2. The Morgan fingerprint density at radius 2 is 1.77 bits per heavy atom. The molecule has 0 bridgehead atoms. The van der Waals surface area contributed by atoms with Gasteiger partial charge in [-0.05, 0) is 93.8 Å². The Morgan fingerprint density at radius 1 is 1.00 bits per heavy atom. The van der Waals surface area contributed by atoms with Crippen molar-refractivity contribution in [3.8, 4) is 0 Å². The van der Waals surface area contributed by atoms with Crippen molar-refractivity contribution in [1.82, 2.24) is 0 Å². The lowest BCUT2D eigenvalue weighted by molar-refractivity contribution is -0.133. The maximum atomic E-state index is 12.7. The van der Waals surface area contributed by atoms with E-state index in [-0.39, 0.29) is 22.9 Å². The molecule has 0 heterocycles. The first-order chi connectivity index (χ1) is 14.8. The van der Waals surface area contributed by atoms with Gasteiger partial charge in [-0.25, -0.2) is 0 Å². The molecule has 1 unspecified atom stereocenters. The van der Waals surface area contributed by atoms with Crippen LogP contribution in [-0.2, 0) is 9.63 Å². The molecule has 6 atom stereocenters. The van der Waals surface area contributed by atoms with Crippen LogP contribution in [-0.4, -0.2) is 34.6 Å². The molecule has 0 amide bonds. The van der Waals surface area contributed by atoms with Gasteiger partial charge in [0.2, 0.25) is 0 Å². The highest BCUT2D eigenvalue weighted by atomic mass is 16.6. The summed E-state index contributed by atoms with van der Waals surface area (Å²) in [6.07, 6.45) is 11.8. The van der Waals surface area contributed by atoms with Crippen molar-refractivity contribution >= 4 is 17.2 Å². The topological polar surface area (TPSA) is 97.3 Å². The Bertz CT molecular complexity index is 787. The fraction of sp³-hybridized carbons (Fsp3) is 0.880. The van der Waals surface area contributed by atoms with Crippen LogP contribution in [0.1, 0.15) is 90.9 Å². The minimum Gasteiger partial charge on any atom is -0.411 e. The summed E-state index contributed by atoms with van der Waals surface area (Å²) < 4.78 is 0. The van der Waals surface area contributed by atoms with Crippen LogP contribution in [0.25, 0.3) is 0 Å². The molecule has 0 aliphatic heterocycles. The van der Waals surface area contributed by atoms with Gasteiger partial charge < -0.3 is 15.8 Å². The summed E-state index contributed by atoms with van der Waals surface area (Å²) in [5.41, 5.74) is 8.03. The molecule has 0 saturated heterocycles. The van der Waals surface area contributed by atoms with Crippen LogP contribution in [0.4, 0.5) is 0 Å². The summed E-state index contributed by atoms with van der Waals surface area (Å²) in [6, 6.07) is 0.314. The highest BCUT2D eigenvalue weighted by molar-refractivity contribution is 5.96. The minimum atomic E-state index is -0.150. The van der Waals surface area contributed by atoms with Crippen LogP contribution in [0, 0.1) is 34.5 Å². The van der Waals surface area contributed by atoms with Gasteiger partial charge in [-0.2, -0.15) is 0 Å². The normalized spacial score (nSPS) is 50.1. The van der Waals surface area contributed by atoms with Crippen LogP contribution in [0.15, 0.2) is 10.3 Å². The van der Waals surface area contributed by atoms with Crippen molar-refractivity contribution in [1.29, 1.82) is 0 Å². The fourth-order valence-corrected chi connectivity index (χ4v) is 8.18. The van der Waals surface area contributed by atoms with Crippen molar-refractivity contribution in [2.45, 2.75) is 103 Å². The van der Waals surface area contributed by atoms with E-state index in [9.17, 15) is 10.0 Å². The molecule has 31 heavy (non-hydrogen) atoms. The van der Waals surface area contributed by atoms with E-state index in [0.717, 1.165) is 88.5 Å². The summed E-state index contributed by atoms with van der Waals surface area (Å²) in [7, 11) is 0. The number of hydrogen-bond donors (Lipinski definition) is 2. The predicted octanol–water partition coefficient (Wildman–Crippen LogP) is 4.68. The summed E-state index contributed by atoms with van der Waals surface area (Å²) in [4.78, 5) is 18.6. The number of fused-ring (bicyclic) bond motifs is 5. The van der Waals surface area contributed by atoms with Gasteiger partial charge in [-0.3, -0.25) is 4.79 Å². The lowest BCUT2D eigenvalue weighted by Crippen LogP contribution is -2.56. The van der Waals surface area contributed by atoms with Crippen molar-refractivity contribution in [2.24, 2.45) is 50.5 Å². The molecule has 5 rings (SSSR count). The largest absolute Gasteiger partial charge is 0.411 e. The first-order valence-electron chi connectivity index (χ1n) is 12.6. The Morgan fingerprint density at radius 3 is 2.52 bits per heavy atom. The summed E-state index contributed by atoms with van der Waals surface area (Å²) in [5.74, 6) is 2.22. The van der Waals surface area contributed by atoms with Crippen LogP contribution in [0.2, 0.25) is 0 Å². The van der Waals surface area contributed by atoms with Gasteiger partial charge in [0.1, 0.15) is 11.9 Å². The molecule has 0 aromatic carbocycles. The van der Waals surface area contributed by atoms with Gasteiger partial charge in [0.05, 0.1) is 11.4 Å². The second kappa shape index (κ2) is 7.86. The molecule has 0 spiro atoms. The van der Waals surface area contributed by atoms with Crippen LogP contribution in [0.3, 0.4) is 0 Å². The van der Waals surface area contributed by atoms with E-state index in [4.69, 9.17) is 10.6 Å². The molecule has 5 saturated carbocycles. The molecular formula is C25H39N3O3. The van der Waals surface area contributed by atoms with Crippen molar-refractivity contribution in [3.63, 3.8) is 0 Å². The zero-order chi connectivity index (χ0) is 21.8. The number of rotatable bonds is 2. The van der Waals surface area contributed by atoms with Gasteiger partial charge in [0.25, 0.3) is 0 Å². The smallest absolute Gasteiger partial charge is 0.139 e. The quantitative estimate of drug-likeness (QED) is 0.492. The van der Waals surface area contributed by atoms with Gasteiger partial charge >= 0.3 is 0 Å². The zero-order valence-corrected chi connectivity index (χ0v) is 19.2. The molecule has 6 nitrogen and oxygen atoms in total. The molecule has 0 radical (unpaired) electrons. The maximum Gasteiger partial charge on any atom is 0.139 e. The highest BCUT2D eigenvalue weighted by Crippen LogP contribution is 2.64. The third kappa shape index (κ3) is 3.44. The van der Waals surface area contributed by atoms with Gasteiger partial charge in [0.15, 0.2) is 0 Å². The summed E-state index contributed by atoms with van der Waals surface area (Å²) in [6.45, 7) is 4.62. The Hall–Kier alpha value is -1.43. The van der Waals surface area contributed by atoms with Crippen molar-refractivity contribution in [2.75, 3.05) is 0 Å². The first-order valence-corrected chi connectivity index (χ1v) is 12.6. The standard InChI is InChI=1S/C25H39N3O3/c1-24-11-9-16(28-31-17-5-3-15(26)4-6-17)13-21(24)22(27-30)14-18-19-7-8-23(29)25(19,2)12-10-20(18)24/h15,17-21,30H,3-14,26H2,1-2H3/b27-22+,28-16+/t15?,17?,18-,19-,20-,21?,24+,25-/m0/s1. The number of Topliss-reactive ketones (excluding diaryl/α,β-unsaturated/α-hetero) is 1. The van der Waals surface area contributed by atoms with E-state index < -0.39 is 0 Å². The third-order valence-electron chi connectivity index (χ3n) is 10.2. The summed E-state index contributed by atoms with van der Waals surface area (Å²) >= 11 is 0. The number of nitrogens with zero attached hydrogens (tertiary/aromatic N) is 2. The average molecular weight is 430 g/mol. The number of carbonyl (C=O) groups excluding carboxylic acids is 1. The number of hydrogen-bond acceptors (Lipinski definition) is 6. The molecule has 6 heteroatoms.